The molecule has 0 amide bonds. The van der Waals surface area contributed by atoms with E-state index >= 15 is 0 Å². The van der Waals surface area contributed by atoms with Crippen LogP contribution in [-0.2, 0) is 11.3 Å². The Kier molecular flexibility index (Phi) is 5.04. The first-order valence-electron chi connectivity index (χ1n) is 6.06. The van der Waals surface area contributed by atoms with Gasteiger partial charge in [-0.2, -0.15) is 0 Å². The molecule has 0 saturated heterocycles. The summed E-state index contributed by atoms with van der Waals surface area (Å²) in [7, 11) is 1.71. The Balaban J connectivity index is 2.94. The minimum absolute atomic E-state index is 0.0170. The number of aliphatic carboxylic acids is 1. The Labute approximate surface area is 116 Å². The predicted molar refractivity (Wildman–Crippen MR) is 72.8 cm³/mol. The van der Waals surface area contributed by atoms with Crippen molar-refractivity contribution in [1.82, 2.24) is 5.32 Å². The molecule has 0 aliphatic rings. The molecule has 1 aromatic rings. The van der Waals surface area contributed by atoms with Crippen molar-refractivity contribution in [2.24, 2.45) is 5.41 Å². The SMILES string of the molecule is CNCc1cc([N+](=O)[O-])ccc1OCC(C)(C)C(=O)O. The number of nitrogens with zero attached hydrogens (tertiary/aromatic N) is 1. The maximum absolute atomic E-state index is 11.0. The number of benzene rings is 1. The largest absolute Gasteiger partial charge is 0.492 e. The van der Waals surface area contributed by atoms with Crippen LogP contribution in [0.25, 0.3) is 0 Å². The highest BCUT2D eigenvalue weighted by Crippen LogP contribution is 2.26. The van der Waals surface area contributed by atoms with Crippen LogP contribution >= 0.6 is 0 Å². The molecule has 2 N–H and O–H groups in total. The van der Waals surface area contributed by atoms with Gasteiger partial charge in [-0.05, 0) is 27.0 Å². The molecule has 0 aromatic heterocycles. The summed E-state index contributed by atoms with van der Waals surface area (Å²) in [5, 5.41) is 22.7. The molecule has 1 rings (SSSR count). The van der Waals surface area contributed by atoms with Gasteiger partial charge in [0, 0.05) is 24.2 Å². The number of carboxylic acids is 1. The number of hydrogen-bond donors (Lipinski definition) is 2. The van der Waals surface area contributed by atoms with Crippen LogP contribution in [0.5, 0.6) is 5.75 Å². The molecule has 0 bridgehead atoms. The molecule has 0 aliphatic carbocycles. The van der Waals surface area contributed by atoms with E-state index in [0.29, 0.717) is 17.9 Å². The zero-order valence-electron chi connectivity index (χ0n) is 11.7. The summed E-state index contributed by atoms with van der Waals surface area (Å²) in [6.07, 6.45) is 0. The fourth-order valence-corrected chi connectivity index (χ4v) is 1.47. The van der Waals surface area contributed by atoms with Crippen molar-refractivity contribution in [2.75, 3.05) is 13.7 Å². The van der Waals surface area contributed by atoms with Crippen molar-refractivity contribution >= 4 is 11.7 Å². The molecular weight excluding hydrogens is 264 g/mol. The van der Waals surface area contributed by atoms with Gasteiger partial charge in [0.15, 0.2) is 0 Å². The van der Waals surface area contributed by atoms with Crippen LogP contribution in [0.15, 0.2) is 18.2 Å². The third kappa shape index (κ3) is 3.92. The van der Waals surface area contributed by atoms with Gasteiger partial charge in [-0.25, -0.2) is 0 Å². The fraction of sp³-hybridized carbons (Fsp3) is 0.462. The maximum Gasteiger partial charge on any atom is 0.312 e. The lowest BCUT2D eigenvalue weighted by molar-refractivity contribution is -0.384. The van der Waals surface area contributed by atoms with Gasteiger partial charge >= 0.3 is 5.97 Å². The van der Waals surface area contributed by atoms with E-state index in [1.807, 2.05) is 0 Å². The zero-order valence-corrected chi connectivity index (χ0v) is 11.7. The van der Waals surface area contributed by atoms with E-state index in [0.717, 1.165) is 0 Å². The lowest BCUT2D eigenvalue weighted by Gasteiger charge is -2.20. The minimum Gasteiger partial charge on any atom is -0.492 e. The molecule has 0 heterocycles. The van der Waals surface area contributed by atoms with Gasteiger partial charge in [-0.3, -0.25) is 14.9 Å². The van der Waals surface area contributed by atoms with Crippen LogP contribution in [0.4, 0.5) is 5.69 Å². The van der Waals surface area contributed by atoms with E-state index in [1.54, 1.807) is 20.9 Å². The molecule has 1 aromatic carbocycles. The molecular formula is C13H18N2O5. The van der Waals surface area contributed by atoms with E-state index in [9.17, 15) is 14.9 Å². The number of nitro groups is 1. The zero-order chi connectivity index (χ0) is 15.3. The van der Waals surface area contributed by atoms with Gasteiger partial charge in [0.2, 0.25) is 0 Å². The standard InChI is InChI=1S/C13H18N2O5/c1-13(2,12(16)17)8-20-11-5-4-10(15(18)19)6-9(11)7-14-3/h4-6,14H,7-8H2,1-3H3,(H,16,17). The van der Waals surface area contributed by atoms with Gasteiger partial charge < -0.3 is 15.2 Å². The Hall–Kier alpha value is -2.15. The van der Waals surface area contributed by atoms with Crippen LogP contribution in [0.2, 0.25) is 0 Å². The quantitative estimate of drug-likeness (QED) is 0.584. The predicted octanol–water partition coefficient (Wildman–Crippen LogP) is 1.80. The van der Waals surface area contributed by atoms with Crippen LogP contribution in [0.1, 0.15) is 19.4 Å². The number of nitrogens with one attached hydrogen (secondary N) is 1. The van der Waals surface area contributed by atoms with Gasteiger partial charge in [0.25, 0.3) is 5.69 Å². The molecule has 0 spiro atoms. The maximum atomic E-state index is 11.0. The van der Waals surface area contributed by atoms with E-state index in [-0.39, 0.29) is 12.3 Å². The number of nitro benzene ring substituents is 1. The van der Waals surface area contributed by atoms with Crippen molar-refractivity contribution in [2.45, 2.75) is 20.4 Å². The average molecular weight is 282 g/mol. The van der Waals surface area contributed by atoms with Crippen LogP contribution < -0.4 is 10.1 Å². The van der Waals surface area contributed by atoms with E-state index < -0.39 is 16.3 Å². The Morgan fingerprint density at radius 1 is 1.50 bits per heavy atom. The second-order valence-corrected chi connectivity index (χ2v) is 5.06. The molecule has 7 heteroatoms. The molecule has 0 saturated carbocycles. The Morgan fingerprint density at radius 3 is 2.65 bits per heavy atom. The lowest BCUT2D eigenvalue weighted by atomic mass is 9.95. The highest BCUT2D eigenvalue weighted by atomic mass is 16.6. The average Bonchev–Trinajstić information content (AvgIpc) is 2.37. The Morgan fingerprint density at radius 2 is 2.15 bits per heavy atom. The number of rotatable bonds is 7. The summed E-state index contributed by atoms with van der Waals surface area (Å²) < 4.78 is 5.51. The number of non-ortho nitro benzene ring substituents is 1. The summed E-state index contributed by atoms with van der Waals surface area (Å²) in [6, 6.07) is 4.24. The molecule has 0 aliphatic heterocycles. The van der Waals surface area contributed by atoms with Gasteiger partial charge in [0.05, 0.1) is 10.3 Å². The summed E-state index contributed by atoms with van der Waals surface area (Å²) in [4.78, 5) is 21.3. The highest BCUT2D eigenvalue weighted by Gasteiger charge is 2.28. The monoisotopic (exact) mass is 282 g/mol. The second-order valence-electron chi connectivity index (χ2n) is 5.06. The molecule has 0 unspecified atom stereocenters. The Bertz CT molecular complexity index is 513. The molecule has 110 valence electrons. The highest BCUT2D eigenvalue weighted by molar-refractivity contribution is 5.73. The second kappa shape index (κ2) is 6.33. The van der Waals surface area contributed by atoms with Gasteiger partial charge in [-0.15, -0.1) is 0 Å². The summed E-state index contributed by atoms with van der Waals surface area (Å²) in [5.74, 6) is -0.520. The normalized spacial score (nSPS) is 11.2. The van der Waals surface area contributed by atoms with Crippen molar-refractivity contribution < 1.29 is 19.6 Å². The first-order chi connectivity index (χ1) is 9.27. The van der Waals surface area contributed by atoms with E-state index in [4.69, 9.17) is 9.84 Å². The van der Waals surface area contributed by atoms with Crippen LogP contribution in [0, 0.1) is 15.5 Å². The van der Waals surface area contributed by atoms with E-state index in [1.165, 1.54) is 18.2 Å². The first-order valence-corrected chi connectivity index (χ1v) is 6.06. The number of carbonyl (C=O) groups is 1. The fourth-order valence-electron chi connectivity index (χ4n) is 1.47. The molecule has 0 radical (unpaired) electrons. The minimum atomic E-state index is -1.03. The van der Waals surface area contributed by atoms with Gasteiger partial charge in [0.1, 0.15) is 12.4 Å². The van der Waals surface area contributed by atoms with Crippen LogP contribution in [0.3, 0.4) is 0 Å². The molecule has 20 heavy (non-hydrogen) atoms. The number of hydrogen-bond acceptors (Lipinski definition) is 5. The molecule has 7 nitrogen and oxygen atoms in total. The van der Waals surface area contributed by atoms with Crippen molar-refractivity contribution in [3.05, 3.63) is 33.9 Å². The summed E-state index contributed by atoms with van der Waals surface area (Å²) in [6.45, 7) is 3.48. The molecule has 0 atom stereocenters. The summed E-state index contributed by atoms with van der Waals surface area (Å²) >= 11 is 0. The van der Waals surface area contributed by atoms with Gasteiger partial charge in [-0.1, -0.05) is 0 Å². The summed E-state index contributed by atoms with van der Waals surface area (Å²) in [5.41, 5.74) is -0.443. The third-order valence-electron chi connectivity index (χ3n) is 2.79. The third-order valence-corrected chi connectivity index (χ3v) is 2.79. The molecule has 0 fully saturated rings. The topological polar surface area (TPSA) is 102 Å². The van der Waals surface area contributed by atoms with Crippen molar-refractivity contribution in [1.29, 1.82) is 0 Å². The smallest absolute Gasteiger partial charge is 0.312 e. The number of ether oxygens (including phenoxy) is 1. The first kappa shape index (κ1) is 15.9. The number of carboxylic acid groups (broad SMARTS) is 1. The lowest BCUT2D eigenvalue weighted by Crippen LogP contribution is -2.31. The van der Waals surface area contributed by atoms with Crippen molar-refractivity contribution in [3.63, 3.8) is 0 Å². The van der Waals surface area contributed by atoms with Crippen molar-refractivity contribution in [3.8, 4) is 5.75 Å². The van der Waals surface area contributed by atoms with E-state index in [2.05, 4.69) is 5.32 Å². The van der Waals surface area contributed by atoms with Crippen LogP contribution in [-0.4, -0.2) is 29.7 Å².